The number of carbonyl (C=O) groups is 1. The zero-order valence-corrected chi connectivity index (χ0v) is 9.97. The lowest BCUT2D eigenvalue weighted by Gasteiger charge is -2.13. The van der Waals surface area contributed by atoms with E-state index >= 15 is 0 Å². The van der Waals surface area contributed by atoms with Crippen LogP contribution in [0.3, 0.4) is 0 Å². The minimum atomic E-state index is -1.59. The lowest BCUT2D eigenvalue weighted by molar-refractivity contribution is -0.137. The number of rotatable bonds is 0. The van der Waals surface area contributed by atoms with Crippen LogP contribution in [-0.2, 0) is 4.79 Å². The Hall–Kier alpha value is -2.30. The molecule has 0 spiro atoms. The first-order chi connectivity index (χ1) is 8.55. The van der Waals surface area contributed by atoms with E-state index in [1.807, 2.05) is 6.07 Å². The van der Waals surface area contributed by atoms with E-state index in [-0.39, 0.29) is 5.91 Å². The number of benzene rings is 1. The Balaban J connectivity index is 2.27. The first kappa shape index (κ1) is 12.2. The first-order valence-electron chi connectivity index (χ1n) is 5.56. The molecular weight excluding hydrogens is 228 g/mol. The number of aliphatic hydroxyl groups is 1. The Morgan fingerprint density at radius 2 is 2.17 bits per heavy atom. The fourth-order valence-electron chi connectivity index (χ4n) is 1.81. The van der Waals surface area contributed by atoms with Crippen LogP contribution >= 0.6 is 0 Å². The van der Waals surface area contributed by atoms with Crippen molar-refractivity contribution in [3.63, 3.8) is 0 Å². The van der Waals surface area contributed by atoms with Gasteiger partial charge in [-0.1, -0.05) is 17.9 Å². The maximum absolute atomic E-state index is 11.7. The Morgan fingerprint density at radius 1 is 1.44 bits per heavy atom. The number of nitrogens with zero attached hydrogens (tertiary/aromatic N) is 2. The summed E-state index contributed by atoms with van der Waals surface area (Å²) in [6, 6.07) is 8.77. The Kier molecular flexibility index (Phi) is 3.06. The number of nitriles is 1. The molecule has 0 radical (unpaired) electrons. The van der Waals surface area contributed by atoms with Crippen LogP contribution in [-0.4, -0.2) is 35.1 Å². The lowest BCUT2D eigenvalue weighted by atomic mass is 10.0. The Bertz CT molecular complexity index is 592. The molecule has 0 bridgehead atoms. The molecule has 1 heterocycles. The van der Waals surface area contributed by atoms with E-state index in [9.17, 15) is 9.90 Å². The summed E-state index contributed by atoms with van der Waals surface area (Å²) in [4.78, 5) is 13.2. The van der Waals surface area contributed by atoms with Crippen LogP contribution in [0.1, 0.15) is 17.5 Å². The van der Waals surface area contributed by atoms with Crippen molar-refractivity contribution in [2.75, 3.05) is 13.6 Å². The second-order valence-corrected chi connectivity index (χ2v) is 4.28. The third-order valence-electron chi connectivity index (χ3n) is 2.91. The van der Waals surface area contributed by atoms with Crippen LogP contribution in [0.4, 0.5) is 0 Å². The maximum atomic E-state index is 11.7. The van der Waals surface area contributed by atoms with Gasteiger partial charge in [-0.05, 0) is 18.2 Å². The second-order valence-electron chi connectivity index (χ2n) is 4.28. The average Bonchev–Trinajstić information content (AvgIpc) is 2.65. The van der Waals surface area contributed by atoms with Gasteiger partial charge in [-0.3, -0.25) is 4.79 Å². The quantitative estimate of drug-likeness (QED) is 0.672. The summed E-state index contributed by atoms with van der Waals surface area (Å²) in [6.45, 7) is 0.502. The predicted molar refractivity (Wildman–Crippen MR) is 65.2 cm³/mol. The lowest BCUT2D eigenvalue weighted by Crippen LogP contribution is -2.37. The van der Waals surface area contributed by atoms with Crippen LogP contribution in [0.5, 0.6) is 0 Å². The van der Waals surface area contributed by atoms with Gasteiger partial charge in [0.1, 0.15) is 0 Å². The molecule has 0 aromatic heterocycles. The summed E-state index contributed by atoms with van der Waals surface area (Å²) in [5.74, 6) is 5.00. The van der Waals surface area contributed by atoms with Gasteiger partial charge < -0.3 is 10.0 Å². The van der Waals surface area contributed by atoms with Crippen LogP contribution in [0.25, 0.3) is 0 Å². The molecular formula is C14H12N2O2. The van der Waals surface area contributed by atoms with Gasteiger partial charge in [0, 0.05) is 25.6 Å². The van der Waals surface area contributed by atoms with Crippen molar-refractivity contribution >= 4 is 5.91 Å². The SMILES string of the molecule is CN1CCC(O)(C#Cc2cccc(C#N)c2)C1=O. The highest BCUT2D eigenvalue weighted by atomic mass is 16.3. The largest absolute Gasteiger partial charge is 0.369 e. The van der Waals surface area contributed by atoms with E-state index < -0.39 is 5.60 Å². The fraction of sp³-hybridized carbons (Fsp3) is 0.286. The van der Waals surface area contributed by atoms with E-state index in [1.165, 1.54) is 4.90 Å². The van der Waals surface area contributed by atoms with Gasteiger partial charge in [0.2, 0.25) is 5.60 Å². The van der Waals surface area contributed by atoms with Gasteiger partial charge in [-0.15, -0.1) is 0 Å². The molecule has 1 atom stereocenters. The Labute approximate surface area is 105 Å². The van der Waals surface area contributed by atoms with Gasteiger partial charge in [-0.2, -0.15) is 5.26 Å². The summed E-state index contributed by atoms with van der Waals surface area (Å²) in [7, 11) is 1.64. The molecule has 1 fully saturated rings. The molecule has 90 valence electrons. The molecule has 1 unspecified atom stereocenters. The third kappa shape index (κ3) is 2.20. The van der Waals surface area contributed by atoms with Crippen LogP contribution in [0, 0.1) is 23.2 Å². The maximum Gasteiger partial charge on any atom is 0.267 e. The highest BCUT2D eigenvalue weighted by Crippen LogP contribution is 2.20. The molecule has 4 nitrogen and oxygen atoms in total. The van der Waals surface area contributed by atoms with E-state index in [0.717, 1.165) is 0 Å². The van der Waals surface area contributed by atoms with E-state index in [0.29, 0.717) is 24.1 Å². The molecule has 1 aliphatic rings. The van der Waals surface area contributed by atoms with Crippen molar-refractivity contribution < 1.29 is 9.90 Å². The van der Waals surface area contributed by atoms with Gasteiger partial charge in [0.15, 0.2) is 0 Å². The smallest absolute Gasteiger partial charge is 0.267 e. The van der Waals surface area contributed by atoms with Gasteiger partial charge in [0.05, 0.1) is 11.6 Å². The molecule has 1 aliphatic heterocycles. The highest BCUT2D eigenvalue weighted by Gasteiger charge is 2.42. The molecule has 1 amide bonds. The summed E-state index contributed by atoms with van der Waals surface area (Å²) >= 11 is 0. The highest BCUT2D eigenvalue weighted by molar-refractivity contribution is 5.90. The summed E-state index contributed by atoms with van der Waals surface area (Å²) in [6.07, 6.45) is 0.313. The molecule has 0 aliphatic carbocycles. The normalized spacial score (nSPS) is 22.3. The zero-order chi connectivity index (χ0) is 13.2. The minimum Gasteiger partial charge on any atom is -0.369 e. The van der Waals surface area contributed by atoms with Gasteiger partial charge in [-0.25, -0.2) is 0 Å². The number of amides is 1. The number of hydrogen-bond acceptors (Lipinski definition) is 3. The second kappa shape index (κ2) is 4.52. The van der Waals surface area contributed by atoms with Crippen LogP contribution < -0.4 is 0 Å². The van der Waals surface area contributed by atoms with Crippen molar-refractivity contribution in [3.05, 3.63) is 35.4 Å². The van der Waals surface area contributed by atoms with Crippen molar-refractivity contribution in [2.45, 2.75) is 12.0 Å². The van der Waals surface area contributed by atoms with E-state index in [1.54, 1.807) is 31.3 Å². The van der Waals surface area contributed by atoms with E-state index in [4.69, 9.17) is 5.26 Å². The Morgan fingerprint density at radius 3 is 2.78 bits per heavy atom. The molecule has 1 aromatic carbocycles. The zero-order valence-electron chi connectivity index (χ0n) is 9.97. The topological polar surface area (TPSA) is 64.3 Å². The molecule has 1 N–H and O–H groups in total. The number of hydrogen-bond donors (Lipinski definition) is 1. The average molecular weight is 240 g/mol. The summed E-state index contributed by atoms with van der Waals surface area (Å²) in [5, 5.41) is 18.8. The standard InChI is InChI=1S/C14H12N2O2/c1-16-8-7-14(18,13(16)17)6-5-11-3-2-4-12(9-11)10-15/h2-4,9,18H,7-8H2,1H3. The molecule has 4 heteroatoms. The van der Waals surface area contributed by atoms with Crippen molar-refractivity contribution in [1.82, 2.24) is 4.90 Å². The van der Waals surface area contributed by atoms with E-state index in [2.05, 4.69) is 11.8 Å². The van der Waals surface area contributed by atoms with Gasteiger partial charge >= 0.3 is 0 Å². The molecule has 1 saturated heterocycles. The molecule has 18 heavy (non-hydrogen) atoms. The molecule has 2 rings (SSSR count). The first-order valence-corrected chi connectivity index (χ1v) is 5.56. The number of carbonyl (C=O) groups excluding carboxylic acids is 1. The molecule has 0 saturated carbocycles. The third-order valence-corrected chi connectivity index (χ3v) is 2.91. The minimum absolute atomic E-state index is 0.313. The predicted octanol–water partition coefficient (Wildman–Crippen LogP) is 0.503. The fourth-order valence-corrected chi connectivity index (χ4v) is 1.81. The van der Waals surface area contributed by atoms with Crippen molar-refractivity contribution in [3.8, 4) is 17.9 Å². The van der Waals surface area contributed by atoms with Crippen LogP contribution in [0.15, 0.2) is 24.3 Å². The van der Waals surface area contributed by atoms with Crippen molar-refractivity contribution in [1.29, 1.82) is 5.26 Å². The summed E-state index contributed by atoms with van der Waals surface area (Å²) < 4.78 is 0. The van der Waals surface area contributed by atoms with Crippen molar-refractivity contribution in [2.24, 2.45) is 0 Å². The monoisotopic (exact) mass is 240 g/mol. The summed E-state index contributed by atoms with van der Waals surface area (Å²) in [5.41, 5.74) is -0.467. The van der Waals surface area contributed by atoms with Gasteiger partial charge in [0.25, 0.3) is 5.91 Å². The van der Waals surface area contributed by atoms with Crippen LogP contribution in [0.2, 0.25) is 0 Å². The molecule has 1 aromatic rings. The number of likely N-dealkylation sites (tertiary alicyclic amines) is 1. The number of likely N-dealkylation sites (N-methyl/N-ethyl adjacent to an activating group) is 1.